The van der Waals surface area contributed by atoms with Gasteiger partial charge >= 0.3 is 0 Å². The van der Waals surface area contributed by atoms with Crippen LogP contribution < -0.4 is 0 Å². The number of aromatic nitrogens is 1. The van der Waals surface area contributed by atoms with Crippen LogP contribution >= 0.6 is 0 Å². The zero-order valence-corrected chi connectivity index (χ0v) is 11.2. The summed E-state index contributed by atoms with van der Waals surface area (Å²) < 4.78 is 28.0. The highest BCUT2D eigenvalue weighted by molar-refractivity contribution is 7.91. The summed E-state index contributed by atoms with van der Waals surface area (Å²) in [5.74, 6) is 1.39. The summed E-state index contributed by atoms with van der Waals surface area (Å²) in [7, 11) is -0.865. The van der Waals surface area contributed by atoms with Gasteiger partial charge in [-0.3, -0.25) is 4.90 Å². The minimum Gasteiger partial charge on any atom is -0.361 e. The number of nitrogens with zero attached hydrogens (tertiary/aromatic N) is 2. The van der Waals surface area contributed by atoms with Gasteiger partial charge in [-0.15, -0.1) is 0 Å². The number of aryl methyl sites for hydroxylation is 2. The Morgan fingerprint density at radius 1 is 1.47 bits per heavy atom. The van der Waals surface area contributed by atoms with Crippen molar-refractivity contribution in [2.24, 2.45) is 0 Å². The van der Waals surface area contributed by atoms with E-state index in [1.807, 2.05) is 20.9 Å². The van der Waals surface area contributed by atoms with Gasteiger partial charge in [0.25, 0.3) is 0 Å². The van der Waals surface area contributed by atoms with E-state index >= 15 is 0 Å². The highest BCUT2D eigenvalue weighted by atomic mass is 32.2. The van der Waals surface area contributed by atoms with E-state index in [0.717, 1.165) is 23.4 Å². The van der Waals surface area contributed by atoms with E-state index < -0.39 is 9.84 Å². The van der Waals surface area contributed by atoms with E-state index in [1.165, 1.54) is 0 Å². The zero-order chi connectivity index (χ0) is 12.6. The second-order valence-corrected chi connectivity index (χ2v) is 7.00. The Hall–Kier alpha value is -0.880. The van der Waals surface area contributed by atoms with Crippen molar-refractivity contribution < 1.29 is 12.9 Å². The normalized spacial score (nSPS) is 23.4. The third-order valence-corrected chi connectivity index (χ3v) is 5.17. The van der Waals surface area contributed by atoms with Crippen LogP contribution in [0.1, 0.15) is 23.4 Å². The van der Waals surface area contributed by atoms with E-state index in [4.69, 9.17) is 4.52 Å². The number of sulfone groups is 1. The van der Waals surface area contributed by atoms with Gasteiger partial charge in [0.15, 0.2) is 9.84 Å². The van der Waals surface area contributed by atoms with E-state index in [1.54, 1.807) is 0 Å². The zero-order valence-electron chi connectivity index (χ0n) is 10.4. The quantitative estimate of drug-likeness (QED) is 0.806. The molecule has 1 aliphatic heterocycles. The van der Waals surface area contributed by atoms with Gasteiger partial charge in [-0.25, -0.2) is 8.42 Å². The Labute approximate surface area is 102 Å². The third-order valence-electron chi connectivity index (χ3n) is 3.42. The topological polar surface area (TPSA) is 63.4 Å². The Balaban J connectivity index is 2.05. The average molecular weight is 258 g/mol. The molecule has 1 fully saturated rings. The van der Waals surface area contributed by atoms with Gasteiger partial charge < -0.3 is 4.52 Å². The van der Waals surface area contributed by atoms with Crippen molar-refractivity contribution in [3.63, 3.8) is 0 Å². The maximum atomic E-state index is 11.4. The first kappa shape index (κ1) is 12.6. The maximum Gasteiger partial charge on any atom is 0.151 e. The minimum atomic E-state index is -2.82. The molecule has 0 spiro atoms. The fourth-order valence-electron chi connectivity index (χ4n) is 2.23. The fourth-order valence-corrected chi connectivity index (χ4v) is 4.03. The van der Waals surface area contributed by atoms with Gasteiger partial charge in [0.2, 0.25) is 0 Å². The van der Waals surface area contributed by atoms with E-state index in [9.17, 15) is 8.42 Å². The first-order valence-electron chi connectivity index (χ1n) is 5.71. The summed E-state index contributed by atoms with van der Waals surface area (Å²) >= 11 is 0. The smallest absolute Gasteiger partial charge is 0.151 e. The minimum absolute atomic E-state index is 0.119. The summed E-state index contributed by atoms with van der Waals surface area (Å²) in [5, 5.41) is 3.90. The molecule has 17 heavy (non-hydrogen) atoms. The lowest BCUT2D eigenvalue weighted by Gasteiger charge is -2.22. The molecule has 1 saturated heterocycles. The lowest BCUT2D eigenvalue weighted by Crippen LogP contribution is -2.32. The van der Waals surface area contributed by atoms with Crippen molar-refractivity contribution >= 4 is 9.84 Å². The summed E-state index contributed by atoms with van der Waals surface area (Å²) in [6.45, 7) is 4.49. The summed E-state index contributed by atoms with van der Waals surface area (Å²) in [6.07, 6.45) is 0.724. The van der Waals surface area contributed by atoms with Crippen molar-refractivity contribution in [2.75, 3.05) is 18.6 Å². The molecule has 1 atom stereocenters. The standard InChI is InChI=1S/C11H18N2O3S/c1-8-11(9(2)16-12-8)6-13(3)10-4-5-17(14,15)7-10/h10H,4-7H2,1-3H3/t10-/m0/s1. The molecule has 2 heterocycles. The molecule has 0 amide bonds. The predicted octanol–water partition coefficient (Wildman–Crippen LogP) is 0.910. The molecule has 0 saturated carbocycles. The molecule has 1 aromatic heterocycles. The lowest BCUT2D eigenvalue weighted by molar-refractivity contribution is 0.252. The molecule has 0 aromatic carbocycles. The Morgan fingerprint density at radius 3 is 2.65 bits per heavy atom. The van der Waals surface area contributed by atoms with Crippen LogP contribution in [0.3, 0.4) is 0 Å². The van der Waals surface area contributed by atoms with Crippen molar-refractivity contribution in [2.45, 2.75) is 32.9 Å². The number of hydrogen-bond acceptors (Lipinski definition) is 5. The van der Waals surface area contributed by atoms with Crippen LogP contribution in [0, 0.1) is 13.8 Å². The largest absolute Gasteiger partial charge is 0.361 e. The van der Waals surface area contributed by atoms with E-state index in [2.05, 4.69) is 10.1 Å². The molecular weight excluding hydrogens is 240 g/mol. The molecule has 0 radical (unpaired) electrons. The van der Waals surface area contributed by atoms with Crippen molar-refractivity contribution in [3.05, 3.63) is 17.0 Å². The highest BCUT2D eigenvalue weighted by Gasteiger charge is 2.31. The average Bonchev–Trinajstić information content (AvgIpc) is 2.75. The van der Waals surface area contributed by atoms with Crippen LogP contribution in [0.4, 0.5) is 0 Å². The molecule has 5 nitrogen and oxygen atoms in total. The van der Waals surface area contributed by atoms with Gasteiger partial charge in [0.05, 0.1) is 17.2 Å². The molecule has 6 heteroatoms. The van der Waals surface area contributed by atoms with Gasteiger partial charge in [0, 0.05) is 18.2 Å². The molecule has 0 aliphatic carbocycles. The van der Waals surface area contributed by atoms with Crippen LogP contribution in [0.25, 0.3) is 0 Å². The highest BCUT2D eigenvalue weighted by Crippen LogP contribution is 2.21. The van der Waals surface area contributed by atoms with Crippen molar-refractivity contribution in [1.29, 1.82) is 0 Å². The van der Waals surface area contributed by atoms with Crippen LogP contribution in [0.15, 0.2) is 4.52 Å². The van der Waals surface area contributed by atoms with Gasteiger partial charge in [-0.2, -0.15) is 0 Å². The molecule has 96 valence electrons. The van der Waals surface area contributed by atoms with Gasteiger partial charge in [-0.05, 0) is 27.3 Å². The van der Waals surface area contributed by atoms with Crippen LogP contribution in [0.2, 0.25) is 0 Å². The van der Waals surface area contributed by atoms with E-state index in [0.29, 0.717) is 12.3 Å². The Morgan fingerprint density at radius 2 is 2.18 bits per heavy atom. The second-order valence-electron chi connectivity index (χ2n) is 4.77. The summed E-state index contributed by atoms with van der Waals surface area (Å²) in [4.78, 5) is 2.08. The molecule has 0 unspecified atom stereocenters. The van der Waals surface area contributed by atoms with Crippen molar-refractivity contribution in [3.8, 4) is 0 Å². The molecular formula is C11H18N2O3S. The lowest BCUT2D eigenvalue weighted by atomic mass is 10.1. The molecule has 2 rings (SSSR count). The number of rotatable bonds is 3. The molecule has 1 aromatic rings. The first-order valence-corrected chi connectivity index (χ1v) is 7.53. The summed E-state index contributed by atoms with van der Waals surface area (Å²) in [6, 6.07) is 0.119. The van der Waals surface area contributed by atoms with Crippen LogP contribution in [0.5, 0.6) is 0 Å². The molecule has 0 bridgehead atoms. The fraction of sp³-hybridized carbons (Fsp3) is 0.727. The summed E-state index contributed by atoms with van der Waals surface area (Å²) in [5.41, 5.74) is 1.95. The monoisotopic (exact) mass is 258 g/mol. The Kier molecular flexibility index (Phi) is 3.27. The first-order chi connectivity index (χ1) is 7.89. The van der Waals surface area contributed by atoms with Gasteiger partial charge in [0.1, 0.15) is 5.76 Å². The maximum absolute atomic E-state index is 11.4. The van der Waals surface area contributed by atoms with Crippen molar-refractivity contribution in [1.82, 2.24) is 10.1 Å². The van der Waals surface area contributed by atoms with Crippen LogP contribution in [-0.2, 0) is 16.4 Å². The predicted molar refractivity (Wildman–Crippen MR) is 64.5 cm³/mol. The van der Waals surface area contributed by atoms with E-state index in [-0.39, 0.29) is 11.8 Å². The third kappa shape index (κ3) is 2.69. The molecule has 0 N–H and O–H groups in total. The molecule has 1 aliphatic rings. The van der Waals surface area contributed by atoms with Gasteiger partial charge in [-0.1, -0.05) is 5.16 Å². The Bertz CT molecular complexity index is 487. The SMILES string of the molecule is Cc1noc(C)c1CN(C)[C@H]1CCS(=O)(=O)C1. The van der Waals surface area contributed by atoms with Crippen LogP contribution in [-0.4, -0.2) is 43.1 Å². The second kappa shape index (κ2) is 4.42. The number of hydrogen-bond donors (Lipinski definition) is 0.